The van der Waals surface area contributed by atoms with Crippen molar-refractivity contribution in [1.82, 2.24) is 0 Å². The van der Waals surface area contributed by atoms with Gasteiger partial charge in [-0.2, -0.15) is 0 Å². The van der Waals surface area contributed by atoms with Crippen LogP contribution >= 0.6 is 0 Å². The lowest BCUT2D eigenvalue weighted by Gasteiger charge is -2.29. The number of fused-ring (bicyclic) bond motifs is 3. The molecule has 0 spiro atoms. The standard InChI is InChI=1S/C32H24/c1-32(30-18-10-8-16-28(30)29-17-9-11-19-31(29)32)27-21-25(23-12-4-2-5-13-23)20-26(22-27)24-14-6-3-7-15-24/h2-22H,1H3. The van der Waals surface area contributed by atoms with Crippen molar-refractivity contribution in [3.8, 4) is 33.4 Å². The normalized spacial score (nSPS) is 13.4. The second kappa shape index (κ2) is 7.35. The molecule has 0 nitrogen and oxygen atoms in total. The molecular weight excluding hydrogens is 384 g/mol. The lowest BCUT2D eigenvalue weighted by molar-refractivity contribution is 0.714. The van der Waals surface area contributed by atoms with Crippen molar-refractivity contribution in [1.29, 1.82) is 0 Å². The summed E-state index contributed by atoms with van der Waals surface area (Å²) in [6, 6.07) is 46.3. The fourth-order valence-corrected chi connectivity index (χ4v) is 5.27. The van der Waals surface area contributed by atoms with Gasteiger partial charge in [-0.15, -0.1) is 0 Å². The first-order chi connectivity index (χ1) is 15.7. The molecule has 0 N–H and O–H groups in total. The van der Waals surface area contributed by atoms with Crippen molar-refractivity contribution < 1.29 is 0 Å². The summed E-state index contributed by atoms with van der Waals surface area (Å²) in [4.78, 5) is 0. The van der Waals surface area contributed by atoms with Crippen LogP contribution in [-0.2, 0) is 5.41 Å². The first-order valence-electron chi connectivity index (χ1n) is 11.2. The third-order valence-electron chi connectivity index (χ3n) is 6.95. The van der Waals surface area contributed by atoms with Crippen LogP contribution < -0.4 is 0 Å². The Balaban J connectivity index is 1.65. The summed E-state index contributed by atoms with van der Waals surface area (Å²) >= 11 is 0. The molecule has 1 aliphatic carbocycles. The van der Waals surface area contributed by atoms with Crippen molar-refractivity contribution in [2.75, 3.05) is 0 Å². The molecule has 0 saturated carbocycles. The van der Waals surface area contributed by atoms with Crippen LogP contribution in [0.1, 0.15) is 23.6 Å². The molecule has 0 saturated heterocycles. The van der Waals surface area contributed by atoms with Crippen molar-refractivity contribution in [2.24, 2.45) is 0 Å². The average Bonchev–Trinajstić information content (AvgIpc) is 3.15. The molecule has 5 aromatic carbocycles. The van der Waals surface area contributed by atoms with Crippen LogP contribution in [0.15, 0.2) is 127 Å². The van der Waals surface area contributed by atoms with E-state index in [-0.39, 0.29) is 5.41 Å². The van der Waals surface area contributed by atoms with Gasteiger partial charge in [0, 0.05) is 5.41 Å². The third-order valence-corrected chi connectivity index (χ3v) is 6.95. The quantitative estimate of drug-likeness (QED) is 0.281. The zero-order valence-corrected chi connectivity index (χ0v) is 18.1. The van der Waals surface area contributed by atoms with Crippen molar-refractivity contribution in [3.05, 3.63) is 144 Å². The van der Waals surface area contributed by atoms with E-state index in [2.05, 4.69) is 134 Å². The third kappa shape index (κ3) is 2.84. The summed E-state index contributed by atoms with van der Waals surface area (Å²) in [7, 11) is 0. The summed E-state index contributed by atoms with van der Waals surface area (Å²) in [5, 5.41) is 0. The molecule has 0 amide bonds. The molecule has 0 aromatic heterocycles. The number of rotatable bonds is 3. The minimum atomic E-state index is -0.207. The SMILES string of the molecule is CC1(c2cc(-c3ccccc3)cc(-c3ccccc3)c2)c2ccccc2-c2ccccc21. The summed E-state index contributed by atoms with van der Waals surface area (Å²) in [6.07, 6.45) is 0. The molecule has 0 heteroatoms. The van der Waals surface area contributed by atoms with Gasteiger partial charge in [0.2, 0.25) is 0 Å². The van der Waals surface area contributed by atoms with E-state index in [1.807, 2.05) is 0 Å². The van der Waals surface area contributed by atoms with Gasteiger partial charge in [0.25, 0.3) is 0 Å². The van der Waals surface area contributed by atoms with Gasteiger partial charge < -0.3 is 0 Å². The fourth-order valence-electron chi connectivity index (χ4n) is 5.27. The topological polar surface area (TPSA) is 0 Å². The molecule has 32 heavy (non-hydrogen) atoms. The van der Waals surface area contributed by atoms with Crippen molar-refractivity contribution in [3.63, 3.8) is 0 Å². The van der Waals surface area contributed by atoms with Gasteiger partial charge in [0.15, 0.2) is 0 Å². The van der Waals surface area contributed by atoms with Crippen LogP contribution in [0, 0.1) is 0 Å². The van der Waals surface area contributed by atoms with Crippen LogP contribution in [0.25, 0.3) is 33.4 Å². The Bertz CT molecular complexity index is 1310. The van der Waals surface area contributed by atoms with Crippen LogP contribution in [-0.4, -0.2) is 0 Å². The second-order valence-electron chi connectivity index (χ2n) is 8.75. The fraction of sp³-hybridized carbons (Fsp3) is 0.0625. The van der Waals surface area contributed by atoms with Gasteiger partial charge in [-0.3, -0.25) is 0 Å². The highest BCUT2D eigenvalue weighted by atomic mass is 14.4. The van der Waals surface area contributed by atoms with Crippen molar-refractivity contribution in [2.45, 2.75) is 12.3 Å². The minimum Gasteiger partial charge on any atom is -0.0622 e. The number of hydrogen-bond donors (Lipinski definition) is 0. The molecule has 6 rings (SSSR count). The lowest BCUT2D eigenvalue weighted by atomic mass is 9.73. The van der Waals surface area contributed by atoms with Crippen LogP contribution in [0.4, 0.5) is 0 Å². The largest absolute Gasteiger partial charge is 0.0622 e. The highest BCUT2D eigenvalue weighted by Crippen LogP contribution is 2.53. The Labute approximate surface area is 189 Å². The molecule has 0 fully saturated rings. The van der Waals surface area contributed by atoms with Gasteiger partial charge in [-0.05, 0) is 75.2 Å². The van der Waals surface area contributed by atoms with Crippen LogP contribution in [0.2, 0.25) is 0 Å². The number of benzene rings is 5. The predicted molar refractivity (Wildman–Crippen MR) is 135 cm³/mol. The van der Waals surface area contributed by atoms with Crippen LogP contribution in [0.5, 0.6) is 0 Å². The van der Waals surface area contributed by atoms with E-state index in [9.17, 15) is 0 Å². The molecule has 0 radical (unpaired) electrons. The predicted octanol–water partition coefficient (Wildman–Crippen LogP) is 8.36. The Morgan fingerprint density at radius 1 is 0.406 bits per heavy atom. The Morgan fingerprint density at radius 3 is 1.28 bits per heavy atom. The average molecular weight is 409 g/mol. The van der Waals surface area contributed by atoms with E-state index in [0.29, 0.717) is 0 Å². The molecule has 0 aliphatic heterocycles. The highest BCUT2D eigenvalue weighted by molar-refractivity contribution is 5.85. The lowest BCUT2D eigenvalue weighted by Crippen LogP contribution is -2.22. The minimum absolute atomic E-state index is 0.207. The van der Waals surface area contributed by atoms with E-state index < -0.39 is 0 Å². The first kappa shape index (κ1) is 18.8. The van der Waals surface area contributed by atoms with Gasteiger partial charge in [0.05, 0.1) is 0 Å². The summed E-state index contributed by atoms with van der Waals surface area (Å²) in [5.74, 6) is 0. The molecule has 152 valence electrons. The maximum absolute atomic E-state index is 2.39. The van der Waals surface area contributed by atoms with Crippen LogP contribution in [0.3, 0.4) is 0 Å². The molecule has 0 bridgehead atoms. The smallest absolute Gasteiger partial charge is 0.0435 e. The summed E-state index contributed by atoms with van der Waals surface area (Å²) < 4.78 is 0. The Hall–Kier alpha value is -3.90. The Morgan fingerprint density at radius 2 is 0.812 bits per heavy atom. The van der Waals surface area contributed by atoms with E-state index in [4.69, 9.17) is 0 Å². The Kier molecular flexibility index (Phi) is 4.33. The zero-order valence-electron chi connectivity index (χ0n) is 18.1. The van der Waals surface area contributed by atoms with Gasteiger partial charge in [-0.25, -0.2) is 0 Å². The van der Waals surface area contributed by atoms with E-state index in [1.165, 1.54) is 50.1 Å². The van der Waals surface area contributed by atoms with Gasteiger partial charge in [0.1, 0.15) is 0 Å². The van der Waals surface area contributed by atoms with Crippen molar-refractivity contribution >= 4 is 0 Å². The molecule has 0 atom stereocenters. The summed E-state index contributed by atoms with van der Waals surface area (Å²) in [5.41, 5.74) is 11.6. The molecular formula is C32H24. The zero-order chi connectivity index (χ0) is 21.5. The van der Waals surface area contributed by atoms with E-state index in [0.717, 1.165) is 0 Å². The monoisotopic (exact) mass is 408 g/mol. The molecule has 0 heterocycles. The summed E-state index contributed by atoms with van der Waals surface area (Å²) in [6.45, 7) is 2.39. The maximum Gasteiger partial charge on any atom is 0.0435 e. The maximum atomic E-state index is 2.39. The molecule has 5 aromatic rings. The first-order valence-corrected chi connectivity index (χ1v) is 11.2. The number of hydrogen-bond acceptors (Lipinski definition) is 0. The highest BCUT2D eigenvalue weighted by Gasteiger charge is 2.40. The van der Waals surface area contributed by atoms with Gasteiger partial charge in [-0.1, -0.05) is 109 Å². The molecule has 1 aliphatic rings. The van der Waals surface area contributed by atoms with E-state index >= 15 is 0 Å². The second-order valence-corrected chi connectivity index (χ2v) is 8.75. The van der Waals surface area contributed by atoms with E-state index in [1.54, 1.807) is 0 Å². The van der Waals surface area contributed by atoms with Gasteiger partial charge >= 0.3 is 0 Å². The molecule has 0 unspecified atom stereocenters.